The Balaban J connectivity index is 2.01. The molecule has 0 radical (unpaired) electrons. The van der Waals surface area contributed by atoms with E-state index < -0.39 is 0 Å². The zero-order valence-electron chi connectivity index (χ0n) is 11.0. The summed E-state index contributed by atoms with van der Waals surface area (Å²) in [5.74, 6) is 2.81. The van der Waals surface area contributed by atoms with E-state index in [1.165, 1.54) is 0 Å². The molecule has 0 aromatic carbocycles. The summed E-state index contributed by atoms with van der Waals surface area (Å²) in [6.45, 7) is 7.12. The number of nitrogens with two attached hydrogens (primary N) is 1. The highest BCUT2D eigenvalue weighted by atomic mass is 16.3. The normalized spacial score (nSPS) is 11.3. The van der Waals surface area contributed by atoms with Crippen molar-refractivity contribution in [3.05, 3.63) is 47.3 Å². The van der Waals surface area contributed by atoms with Crippen molar-refractivity contribution in [3.63, 3.8) is 0 Å². The van der Waals surface area contributed by atoms with Gasteiger partial charge in [-0.15, -0.1) is 0 Å². The average Bonchev–Trinajstić information content (AvgIpc) is 2.98. The summed E-state index contributed by atoms with van der Waals surface area (Å²) in [5, 5.41) is 0. The van der Waals surface area contributed by atoms with E-state index in [4.69, 9.17) is 14.6 Å². The lowest BCUT2D eigenvalue weighted by Crippen LogP contribution is -2.21. The van der Waals surface area contributed by atoms with E-state index in [0.29, 0.717) is 6.54 Å². The molecule has 2 N–H and O–H groups in total. The van der Waals surface area contributed by atoms with E-state index in [2.05, 4.69) is 17.9 Å². The van der Waals surface area contributed by atoms with Crippen LogP contribution in [0, 0.1) is 6.92 Å². The smallest absolute Gasteiger partial charge is 0.120 e. The fraction of sp³-hybridized carbons (Fsp3) is 0.429. The van der Waals surface area contributed by atoms with Gasteiger partial charge in [0.25, 0.3) is 0 Å². The van der Waals surface area contributed by atoms with E-state index in [1.807, 2.05) is 19.1 Å². The lowest BCUT2D eigenvalue weighted by Gasteiger charge is -2.17. The van der Waals surface area contributed by atoms with Gasteiger partial charge in [0.05, 0.1) is 25.9 Å². The van der Waals surface area contributed by atoms with Crippen LogP contribution in [0.25, 0.3) is 0 Å². The van der Waals surface area contributed by atoms with Crippen molar-refractivity contribution in [1.29, 1.82) is 0 Å². The van der Waals surface area contributed by atoms with Crippen LogP contribution in [0.15, 0.2) is 33.3 Å². The highest BCUT2D eigenvalue weighted by Gasteiger charge is 2.11. The first-order chi connectivity index (χ1) is 8.72. The molecule has 0 bridgehead atoms. The molecule has 0 unspecified atom stereocenters. The molecule has 2 aromatic heterocycles. The molecule has 0 spiro atoms. The van der Waals surface area contributed by atoms with Crippen molar-refractivity contribution in [3.8, 4) is 0 Å². The molecule has 0 saturated carbocycles. The predicted octanol–water partition coefficient (Wildman–Crippen LogP) is 2.66. The number of furan rings is 2. The third-order valence-corrected chi connectivity index (χ3v) is 3.04. The molecule has 0 atom stereocenters. The quantitative estimate of drug-likeness (QED) is 0.854. The van der Waals surface area contributed by atoms with E-state index in [1.54, 1.807) is 6.26 Å². The summed E-state index contributed by atoms with van der Waals surface area (Å²) in [7, 11) is 0. The van der Waals surface area contributed by atoms with Crippen LogP contribution in [0.3, 0.4) is 0 Å². The molecule has 2 rings (SSSR count). The highest BCUT2D eigenvalue weighted by Crippen LogP contribution is 2.17. The Labute approximate surface area is 107 Å². The summed E-state index contributed by atoms with van der Waals surface area (Å²) in [5.41, 5.74) is 6.74. The topological polar surface area (TPSA) is 55.5 Å². The van der Waals surface area contributed by atoms with Crippen LogP contribution in [0.5, 0.6) is 0 Å². The van der Waals surface area contributed by atoms with Crippen LogP contribution < -0.4 is 5.73 Å². The van der Waals surface area contributed by atoms with E-state index in [9.17, 15) is 0 Å². The van der Waals surface area contributed by atoms with Crippen molar-refractivity contribution >= 4 is 0 Å². The first-order valence-electron chi connectivity index (χ1n) is 6.26. The summed E-state index contributed by atoms with van der Waals surface area (Å²) < 4.78 is 11.1. The lowest BCUT2D eigenvalue weighted by atomic mass is 10.2. The highest BCUT2D eigenvalue weighted by molar-refractivity contribution is 5.19. The van der Waals surface area contributed by atoms with Crippen LogP contribution in [0.4, 0.5) is 0 Å². The average molecular weight is 248 g/mol. The molecule has 0 fully saturated rings. The fourth-order valence-corrected chi connectivity index (χ4v) is 1.99. The van der Waals surface area contributed by atoms with E-state index in [-0.39, 0.29) is 0 Å². The molecule has 4 nitrogen and oxygen atoms in total. The number of nitrogens with zero attached hydrogens (tertiary/aromatic N) is 1. The Bertz CT molecular complexity index is 474. The second kappa shape index (κ2) is 5.89. The standard InChI is InChI=1S/C14H20N2O2/c1-3-16(9-12-5-4-6-17-12)10-13-7-11(2)14(8-15)18-13/h4-7H,3,8-10,15H2,1-2H3. The predicted molar refractivity (Wildman–Crippen MR) is 69.8 cm³/mol. The molecule has 98 valence electrons. The van der Waals surface area contributed by atoms with Crippen molar-refractivity contribution in [1.82, 2.24) is 4.90 Å². The van der Waals surface area contributed by atoms with Gasteiger partial charge in [0.15, 0.2) is 0 Å². The molecule has 0 saturated heterocycles. The van der Waals surface area contributed by atoms with Crippen LogP contribution in [-0.4, -0.2) is 11.4 Å². The maximum Gasteiger partial charge on any atom is 0.120 e. The molecule has 0 aliphatic carbocycles. The van der Waals surface area contributed by atoms with Gasteiger partial charge in [0, 0.05) is 0 Å². The summed E-state index contributed by atoms with van der Waals surface area (Å²) in [6.07, 6.45) is 1.70. The summed E-state index contributed by atoms with van der Waals surface area (Å²) >= 11 is 0. The van der Waals surface area contributed by atoms with Gasteiger partial charge in [0.2, 0.25) is 0 Å². The van der Waals surface area contributed by atoms with Gasteiger partial charge in [-0.3, -0.25) is 4.90 Å². The van der Waals surface area contributed by atoms with Crippen molar-refractivity contribution in [2.24, 2.45) is 5.73 Å². The van der Waals surface area contributed by atoms with Gasteiger partial charge < -0.3 is 14.6 Å². The van der Waals surface area contributed by atoms with Crippen LogP contribution >= 0.6 is 0 Å². The van der Waals surface area contributed by atoms with Crippen LogP contribution in [0.1, 0.15) is 29.8 Å². The van der Waals surface area contributed by atoms with Crippen molar-refractivity contribution in [2.45, 2.75) is 33.5 Å². The fourth-order valence-electron chi connectivity index (χ4n) is 1.99. The number of rotatable bonds is 6. The van der Waals surface area contributed by atoms with Gasteiger partial charge in [0.1, 0.15) is 17.3 Å². The maximum atomic E-state index is 5.72. The zero-order chi connectivity index (χ0) is 13.0. The van der Waals surface area contributed by atoms with Crippen molar-refractivity contribution < 1.29 is 8.83 Å². The Morgan fingerprint density at radius 3 is 2.61 bits per heavy atom. The first-order valence-corrected chi connectivity index (χ1v) is 6.26. The minimum Gasteiger partial charge on any atom is -0.468 e. The Morgan fingerprint density at radius 1 is 1.28 bits per heavy atom. The van der Waals surface area contributed by atoms with E-state index in [0.717, 1.165) is 42.5 Å². The van der Waals surface area contributed by atoms with Gasteiger partial charge in [-0.2, -0.15) is 0 Å². The Kier molecular flexibility index (Phi) is 4.23. The largest absolute Gasteiger partial charge is 0.468 e. The van der Waals surface area contributed by atoms with Gasteiger partial charge in [-0.1, -0.05) is 6.92 Å². The molecule has 18 heavy (non-hydrogen) atoms. The second-order valence-electron chi connectivity index (χ2n) is 4.41. The lowest BCUT2D eigenvalue weighted by molar-refractivity contribution is 0.227. The molecule has 0 aliphatic rings. The molecule has 2 aromatic rings. The number of hydrogen-bond donors (Lipinski definition) is 1. The molecule has 0 amide bonds. The van der Waals surface area contributed by atoms with E-state index >= 15 is 0 Å². The third kappa shape index (κ3) is 3.03. The Hall–Kier alpha value is -1.52. The minimum atomic E-state index is 0.455. The van der Waals surface area contributed by atoms with Crippen molar-refractivity contribution in [2.75, 3.05) is 6.54 Å². The molecular weight excluding hydrogens is 228 g/mol. The molecule has 0 aliphatic heterocycles. The monoisotopic (exact) mass is 248 g/mol. The Morgan fingerprint density at radius 2 is 2.06 bits per heavy atom. The minimum absolute atomic E-state index is 0.455. The number of aryl methyl sites for hydroxylation is 1. The maximum absolute atomic E-state index is 5.72. The van der Waals surface area contributed by atoms with Gasteiger partial charge >= 0.3 is 0 Å². The third-order valence-electron chi connectivity index (χ3n) is 3.04. The second-order valence-corrected chi connectivity index (χ2v) is 4.41. The molecule has 2 heterocycles. The SMILES string of the molecule is CCN(Cc1ccco1)Cc1cc(C)c(CN)o1. The summed E-state index contributed by atoms with van der Waals surface area (Å²) in [6, 6.07) is 5.96. The van der Waals surface area contributed by atoms with Crippen LogP contribution in [0.2, 0.25) is 0 Å². The number of hydrogen-bond acceptors (Lipinski definition) is 4. The first kappa shape index (κ1) is 12.9. The van der Waals surface area contributed by atoms with Crippen LogP contribution in [-0.2, 0) is 19.6 Å². The summed E-state index contributed by atoms with van der Waals surface area (Å²) in [4.78, 5) is 2.26. The zero-order valence-corrected chi connectivity index (χ0v) is 11.0. The molecule has 4 heteroatoms. The van der Waals surface area contributed by atoms with Gasteiger partial charge in [-0.05, 0) is 37.2 Å². The van der Waals surface area contributed by atoms with Gasteiger partial charge in [-0.25, -0.2) is 0 Å². The molecular formula is C14H20N2O2.